The lowest BCUT2D eigenvalue weighted by Gasteiger charge is -2.39. The molecule has 2 aromatic rings. The first-order valence-electron chi connectivity index (χ1n) is 9.88. The monoisotopic (exact) mass is 411 g/mol. The van der Waals surface area contributed by atoms with Crippen LogP contribution in [0.2, 0.25) is 0 Å². The van der Waals surface area contributed by atoms with Gasteiger partial charge in [-0.05, 0) is 42.8 Å². The molecule has 0 aliphatic carbocycles. The highest BCUT2D eigenvalue weighted by atomic mass is 19.1. The first-order valence-corrected chi connectivity index (χ1v) is 9.88. The first kappa shape index (κ1) is 20.0. The molecule has 1 fully saturated rings. The Labute approximate surface area is 173 Å². The smallest absolute Gasteiger partial charge is 0.320 e. The number of nitrogens with zero attached hydrogens (tertiary/aromatic N) is 3. The Hall–Kier alpha value is -3.26. The minimum Gasteiger partial charge on any atom is -0.480 e. The fraction of sp³-hybridized carbons (Fsp3) is 0.318. The lowest BCUT2D eigenvalue weighted by molar-refractivity contribution is -0.143. The Morgan fingerprint density at radius 3 is 2.03 bits per heavy atom. The number of amides is 2. The van der Waals surface area contributed by atoms with Crippen LogP contribution in [0.15, 0.2) is 48.5 Å². The summed E-state index contributed by atoms with van der Waals surface area (Å²) < 4.78 is 13.1. The second kappa shape index (κ2) is 8.23. The van der Waals surface area contributed by atoms with Crippen LogP contribution >= 0.6 is 0 Å². The van der Waals surface area contributed by atoms with Crippen LogP contribution in [0.3, 0.4) is 0 Å². The number of piperazine rings is 1. The van der Waals surface area contributed by atoms with Gasteiger partial charge in [-0.1, -0.05) is 12.1 Å². The van der Waals surface area contributed by atoms with Gasteiger partial charge in [-0.2, -0.15) is 0 Å². The molecule has 1 atom stereocenters. The minimum atomic E-state index is -0.971. The van der Waals surface area contributed by atoms with Crippen LogP contribution in [-0.4, -0.2) is 71.5 Å². The predicted octanol–water partition coefficient (Wildman–Crippen LogP) is 2.09. The Balaban J connectivity index is 1.37. The number of fused-ring (bicyclic) bond motifs is 1. The van der Waals surface area contributed by atoms with Gasteiger partial charge in [-0.15, -0.1) is 0 Å². The highest BCUT2D eigenvalue weighted by molar-refractivity contribution is 6.21. The zero-order valence-corrected chi connectivity index (χ0v) is 16.3. The van der Waals surface area contributed by atoms with Crippen molar-refractivity contribution in [1.82, 2.24) is 9.80 Å². The van der Waals surface area contributed by atoms with Crippen molar-refractivity contribution in [3.63, 3.8) is 0 Å². The molecule has 7 nitrogen and oxygen atoms in total. The number of carboxylic acids is 1. The van der Waals surface area contributed by atoms with Gasteiger partial charge < -0.3 is 10.0 Å². The Bertz CT molecular complexity index is 936. The molecular weight excluding hydrogens is 389 g/mol. The first-order chi connectivity index (χ1) is 14.5. The molecule has 0 aromatic heterocycles. The van der Waals surface area contributed by atoms with Crippen molar-refractivity contribution in [1.29, 1.82) is 0 Å². The Morgan fingerprint density at radius 2 is 1.50 bits per heavy atom. The average Bonchev–Trinajstić information content (AvgIpc) is 3.00. The summed E-state index contributed by atoms with van der Waals surface area (Å²) in [4.78, 5) is 42.0. The molecule has 2 aliphatic rings. The summed E-state index contributed by atoms with van der Waals surface area (Å²) in [5.41, 5.74) is 1.62. The number of hydrogen-bond donors (Lipinski definition) is 1. The van der Waals surface area contributed by atoms with E-state index in [9.17, 15) is 23.9 Å². The van der Waals surface area contributed by atoms with E-state index in [1.807, 2.05) is 4.90 Å². The summed E-state index contributed by atoms with van der Waals surface area (Å²) in [7, 11) is 0. The van der Waals surface area contributed by atoms with E-state index in [0.717, 1.165) is 10.6 Å². The molecule has 0 radical (unpaired) electrons. The lowest BCUT2D eigenvalue weighted by Crippen LogP contribution is -2.53. The fourth-order valence-corrected chi connectivity index (χ4v) is 4.10. The molecule has 8 heteroatoms. The third-order valence-corrected chi connectivity index (χ3v) is 5.74. The normalized spacial score (nSPS) is 17.9. The number of halogens is 1. The molecule has 0 saturated carbocycles. The van der Waals surface area contributed by atoms with E-state index >= 15 is 0 Å². The number of carboxylic acid groups (broad SMARTS) is 1. The standard InChI is InChI=1S/C22H22FN3O4/c23-15-5-7-16(8-6-15)24-11-13-25(14-12-24)19(22(29)30)9-10-26-20(27)17-3-1-2-4-18(17)21(26)28/h1-8,19H,9-14H2,(H,29,30). The van der Waals surface area contributed by atoms with Gasteiger partial charge in [0.25, 0.3) is 11.8 Å². The van der Waals surface area contributed by atoms with Gasteiger partial charge in [-0.25, -0.2) is 4.39 Å². The van der Waals surface area contributed by atoms with E-state index < -0.39 is 12.0 Å². The molecule has 1 unspecified atom stereocenters. The molecule has 1 N–H and O–H groups in total. The van der Waals surface area contributed by atoms with Crippen LogP contribution in [0.5, 0.6) is 0 Å². The third kappa shape index (κ3) is 3.78. The summed E-state index contributed by atoms with van der Waals surface area (Å²) >= 11 is 0. The van der Waals surface area contributed by atoms with Crippen LogP contribution in [0.25, 0.3) is 0 Å². The molecule has 0 spiro atoms. The largest absolute Gasteiger partial charge is 0.480 e. The van der Waals surface area contributed by atoms with E-state index in [0.29, 0.717) is 37.3 Å². The summed E-state index contributed by atoms with van der Waals surface area (Å²) in [5.74, 6) is -2.01. The zero-order chi connectivity index (χ0) is 21.3. The van der Waals surface area contributed by atoms with Gasteiger partial charge in [0, 0.05) is 38.4 Å². The molecule has 156 valence electrons. The van der Waals surface area contributed by atoms with Crippen molar-refractivity contribution in [2.75, 3.05) is 37.6 Å². The second-order valence-corrected chi connectivity index (χ2v) is 7.45. The van der Waals surface area contributed by atoms with E-state index in [2.05, 4.69) is 4.90 Å². The van der Waals surface area contributed by atoms with Crippen LogP contribution in [0, 0.1) is 5.82 Å². The molecule has 30 heavy (non-hydrogen) atoms. The summed E-state index contributed by atoms with van der Waals surface area (Å²) in [6.07, 6.45) is 0.164. The van der Waals surface area contributed by atoms with E-state index in [1.54, 1.807) is 36.4 Å². The maximum atomic E-state index is 13.1. The quantitative estimate of drug-likeness (QED) is 0.734. The topological polar surface area (TPSA) is 81.2 Å². The fourth-order valence-electron chi connectivity index (χ4n) is 4.10. The van der Waals surface area contributed by atoms with E-state index in [4.69, 9.17) is 0 Å². The SMILES string of the molecule is O=C(O)C(CCN1C(=O)c2ccccc2C1=O)N1CCN(c2ccc(F)cc2)CC1. The van der Waals surface area contributed by atoms with Crippen molar-refractivity contribution in [3.05, 3.63) is 65.5 Å². The Morgan fingerprint density at radius 1 is 0.933 bits per heavy atom. The van der Waals surface area contributed by atoms with Crippen molar-refractivity contribution in [2.24, 2.45) is 0 Å². The predicted molar refractivity (Wildman–Crippen MR) is 108 cm³/mol. The van der Waals surface area contributed by atoms with Crippen molar-refractivity contribution in [2.45, 2.75) is 12.5 Å². The van der Waals surface area contributed by atoms with Gasteiger partial charge >= 0.3 is 5.97 Å². The van der Waals surface area contributed by atoms with Gasteiger partial charge in [0.15, 0.2) is 0 Å². The molecule has 0 bridgehead atoms. The van der Waals surface area contributed by atoms with Crippen molar-refractivity contribution >= 4 is 23.5 Å². The van der Waals surface area contributed by atoms with Crippen LogP contribution in [0.1, 0.15) is 27.1 Å². The molecule has 1 saturated heterocycles. The number of aliphatic carboxylic acids is 1. The van der Waals surface area contributed by atoms with Crippen LogP contribution in [0.4, 0.5) is 10.1 Å². The molecule has 4 rings (SSSR count). The zero-order valence-electron chi connectivity index (χ0n) is 16.3. The van der Waals surface area contributed by atoms with Gasteiger partial charge in [0.2, 0.25) is 0 Å². The van der Waals surface area contributed by atoms with Gasteiger partial charge in [0.1, 0.15) is 11.9 Å². The van der Waals surface area contributed by atoms with Gasteiger partial charge in [0.05, 0.1) is 11.1 Å². The number of imide groups is 1. The molecule has 2 heterocycles. The Kier molecular flexibility index (Phi) is 5.50. The number of anilines is 1. The summed E-state index contributed by atoms with van der Waals surface area (Å²) in [5, 5.41) is 9.73. The summed E-state index contributed by atoms with van der Waals surface area (Å²) in [6, 6.07) is 12.1. The maximum Gasteiger partial charge on any atom is 0.320 e. The van der Waals surface area contributed by atoms with E-state index in [1.165, 1.54) is 12.1 Å². The van der Waals surface area contributed by atoms with Gasteiger partial charge in [-0.3, -0.25) is 24.2 Å². The highest BCUT2D eigenvalue weighted by Gasteiger charge is 2.37. The molecule has 2 aromatic carbocycles. The number of carbonyl (C=O) groups is 3. The summed E-state index contributed by atoms with van der Waals surface area (Å²) in [6.45, 7) is 2.33. The molecule has 2 amide bonds. The average molecular weight is 411 g/mol. The van der Waals surface area contributed by atoms with Crippen molar-refractivity contribution < 1.29 is 23.9 Å². The van der Waals surface area contributed by atoms with Crippen LogP contribution in [-0.2, 0) is 4.79 Å². The van der Waals surface area contributed by atoms with E-state index in [-0.39, 0.29) is 30.6 Å². The number of benzene rings is 2. The number of carbonyl (C=O) groups excluding carboxylic acids is 2. The highest BCUT2D eigenvalue weighted by Crippen LogP contribution is 2.24. The lowest BCUT2D eigenvalue weighted by atomic mass is 10.1. The second-order valence-electron chi connectivity index (χ2n) is 7.45. The number of hydrogen-bond acceptors (Lipinski definition) is 5. The van der Waals surface area contributed by atoms with Crippen LogP contribution < -0.4 is 4.90 Å². The molecular formula is C22H22FN3O4. The van der Waals surface area contributed by atoms with Crippen molar-refractivity contribution in [3.8, 4) is 0 Å². The molecule has 2 aliphatic heterocycles. The number of rotatable bonds is 6. The minimum absolute atomic E-state index is 0.0570. The third-order valence-electron chi connectivity index (χ3n) is 5.74. The maximum absolute atomic E-state index is 13.1.